The molecule has 0 spiro atoms. The molecule has 0 aromatic heterocycles. The van der Waals surface area contributed by atoms with Gasteiger partial charge in [0.15, 0.2) is 4.90 Å². The highest BCUT2D eigenvalue weighted by Crippen LogP contribution is 2.26. The number of sulfonamides is 1. The number of carbonyl (C=O) groups excluding carboxylic acids is 1. The van der Waals surface area contributed by atoms with E-state index in [4.69, 9.17) is 0 Å². The molecule has 10 heteroatoms. The minimum absolute atomic E-state index is 0.0277. The molecule has 0 bridgehead atoms. The fourth-order valence-corrected chi connectivity index (χ4v) is 2.74. The molecular weight excluding hydrogens is 329 g/mol. The first-order chi connectivity index (χ1) is 10.3. The average molecular weight is 347 g/mol. The molecule has 1 aromatic rings. The summed E-state index contributed by atoms with van der Waals surface area (Å²) in [7, 11) is -4.49. The van der Waals surface area contributed by atoms with Crippen LogP contribution in [0.3, 0.4) is 0 Å². The zero-order chi connectivity index (χ0) is 18.0. The predicted molar refractivity (Wildman–Crippen MR) is 80.3 cm³/mol. The number of halogens is 1. The van der Waals surface area contributed by atoms with Crippen LogP contribution >= 0.6 is 0 Å². The number of amides is 1. The van der Waals surface area contributed by atoms with Crippen molar-refractivity contribution in [3.05, 3.63) is 33.6 Å². The number of carbonyl (C=O) groups is 1. The zero-order valence-electron chi connectivity index (χ0n) is 13.1. The maximum Gasteiger partial charge on any atom is 0.289 e. The lowest BCUT2D eigenvalue weighted by atomic mass is 9.92. The Bertz CT molecular complexity index is 741. The Morgan fingerprint density at radius 2 is 1.91 bits per heavy atom. The van der Waals surface area contributed by atoms with Gasteiger partial charge in [0.1, 0.15) is 5.82 Å². The van der Waals surface area contributed by atoms with Crippen molar-refractivity contribution in [1.29, 1.82) is 0 Å². The van der Waals surface area contributed by atoms with Gasteiger partial charge in [-0.15, -0.1) is 4.83 Å². The summed E-state index contributed by atoms with van der Waals surface area (Å²) in [5, 5.41) is 11.0. The van der Waals surface area contributed by atoms with E-state index in [0.29, 0.717) is 6.07 Å². The molecule has 1 rings (SSSR count). The average Bonchev–Trinajstić information content (AvgIpc) is 2.37. The van der Waals surface area contributed by atoms with Crippen molar-refractivity contribution in [1.82, 2.24) is 10.3 Å². The highest BCUT2D eigenvalue weighted by molar-refractivity contribution is 7.89. The van der Waals surface area contributed by atoms with Crippen molar-refractivity contribution in [2.75, 3.05) is 0 Å². The number of benzene rings is 1. The standard InChI is InChI=1S/C13H18FN3O5S/c1-8-5-10(17(19)20)11(6-9(8)14)23(21,22)16-15-12(18)7-13(2,3)4/h5-6,16H,7H2,1-4H3,(H,15,18). The number of nitrogens with one attached hydrogen (secondary N) is 2. The van der Waals surface area contributed by atoms with Crippen molar-refractivity contribution >= 4 is 21.6 Å². The molecule has 0 unspecified atom stereocenters. The third-order valence-electron chi connectivity index (χ3n) is 2.74. The van der Waals surface area contributed by atoms with E-state index >= 15 is 0 Å². The fourth-order valence-electron chi connectivity index (χ4n) is 1.71. The number of aryl methyl sites for hydroxylation is 1. The topological polar surface area (TPSA) is 118 Å². The van der Waals surface area contributed by atoms with Crippen LogP contribution in [0.1, 0.15) is 32.8 Å². The highest BCUT2D eigenvalue weighted by atomic mass is 32.2. The summed E-state index contributed by atoms with van der Waals surface area (Å²) < 4.78 is 37.8. The Morgan fingerprint density at radius 1 is 1.35 bits per heavy atom. The molecule has 23 heavy (non-hydrogen) atoms. The molecular formula is C13H18FN3O5S. The third kappa shape index (κ3) is 5.25. The minimum Gasteiger partial charge on any atom is -0.278 e. The Labute approximate surface area is 133 Å². The van der Waals surface area contributed by atoms with E-state index in [-0.39, 0.29) is 17.4 Å². The lowest BCUT2D eigenvalue weighted by Gasteiger charge is -2.17. The van der Waals surface area contributed by atoms with Crippen LogP contribution in [0.4, 0.5) is 10.1 Å². The monoisotopic (exact) mass is 347 g/mol. The van der Waals surface area contributed by atoms with Crippen LogP contribution in [-0.2, 0) is 14.8 Å². The van der Waals surface area contributed by atoms with Gasteiger partial charge in [-0.1, -0.05) is 20.8 Å². The fraction of sp³-hybridized carbons (Fsp3) is 0.462. The van der Waals surface area contributed by atoms with Gasteiger partial charge in [0.05, 0.1) is 4.92 Å². The SMILES string of the molecule is Cc1cc([N+](=O)[O-])c(S(=O)(=O)NNC(=O)CC(C)(C)C)cc1F. The summed E-state index contributed by atoms with van der Waals surface area (Å²) >= 11 is 0. The Kier molecular flexibility index (Phi) is 5.43. The zero-order valence-corrected chi connectivity index (χ0v) is 14.0. The van der Waals surface area contributed by atoms with Crippen molar-refractivity contribution in [2.45, 2.75) is 39.0 Å². The maximum atomic E-state index is 13.6. The number of hydrogen-bond acceptors (Lipinski definition) is 5. The van der Waals surface area contributed by atoms with Gasteiger partial charge in [0.2, 0.25) is 5.91 Å². The smallest absolute Gasteiger partial charge is 0.278 e. The molecule has 0 atom stereocenters. The lowest BCUT2D eigenvalue weighted by Crippen LogP contribution is -2.42. The molecule has 0 aliphatic carbocycles. The number of rotatable bonds is 5. The van der Waals surface area contributed by atoms with Gasteiger partial charge < -0.3 is 0 Å². The molecule has 0 aliphatic heterocycles. The van der Waals surface area contributed by atoms with Gasteiger partial charge in [0, 0.05) is 18.6 Å². The summed E-state index contributed by atoms with van der Waals surface area (Å²) in [6.07, 6.45) is 0.0277. The largest absolute Gasteiger partial charge is 0.289 e. The first-order valence-electron chi connectivity index (χ1n) is 6.59. The summed E-state index contributed by atoms with van der Waals surface area (Å²) in [4.78, 5) is 22.5. The van der Waals surface area contributed by atoms with E-state index in [1.54, 1.807) is 25.6 Å². The summed E-state index contributed by atoms with van der Waals surface area (Å²) in [5.41, 5.74) is 0.740. The van der Waals surface area contributed by atoms with E-state index in [1.807, 2.05) is 5.43 Å². The van der Waals surface area contributed by atoms with Crippen LogP contribution in [0.2, 0.25) is 0 Å². The van der Waals surface area contributed by atoms with Gasteiger partial charge in [0.25, 0.3) is 15.7 Å². The van der Waals surface area contributed by atoms with Crippen LogP contribution in [0.5, 0.6) is 0 Å². The first-order valence-corrected chi connectivity index (χ1v) is 8.07. The summed E-state index contributed by atoms with van der Waals surface area (Å²) in [6, 6.07) is 1.37. The second kappa shape index (κ2) is 6.59. The van der Waals surface area contributed by atoms with Crippen LogP contribution in [0.15, 0.2) is 17.0 Å². The number of nitro groups is 1. The maximum absolute atomic E-state index is 13.6. The molecule has 0 aliphatic rings. The third-order valence-corrected chi connectivity index (χ3v) is 4.02. The van der Waals surface area contributed by atoms with Gasteiger partial charge in [-0.05, 0) is 17.9 Å². The van der Waals surface area contributed by atoms with E-state index < -0.39 is 37.3 Å². The molecule has 0 fully saturated rings. The quantitative estimate of drug-likeness (QED) is 0.622. The highest BCUT2D eigenvalue weighted by Gasteiger charge is 2.28. The molecule has 8 nitrogen and oxygen atoms in total. The number of nitrogens with zero attached hydrogens (tertiary/aromatic N) is 1. The van der Waals surface area contributed by atoms with E-state index in [0.717, 1.165) is 6.07 Å². The van der Waals surface area contributed by atoms with Gasteiger partial charge in [-0.2, -0.15) is 0 Å². The van der Waals surface area contributed by atoms with Crippen molar-refractivity contribution in [2.24, 2.45) is 5.41 Å². The molecule has 0 heterocycles. The van der Waals surface area contributed by atoms with Crippen molar-refractivity contribution in [3.63, 3.8) is 0 Å². The molecule has 0 saturated heterocycles. The summed E-state index contributed by atoms with van der Waals surface area (Å²) in [6.45, 7) is 6.61. The molecule has 0 saturated carbocycles. The van der Waals surface area contributed by atoms with E-state index in [1.165, 1.54) is 6.92 Å². The van der Waals surface area contributed by atoms with Gasteiger partial charge >= 0.3 is 0 Å². The number of hydrogen-bond donors (Lipinski definition) is 2. The second-order valence-electron chi connectivity index (χ2n) is 6.22. The summed E-state index contributed by atoms with van der Waals surface area (Å²) in [5.74, 6) is -1.52. The number of hydrazine groups is 1. The predicted octanol–water partition coefficient (Wildman–Crippen LogP) is 1.79. The minimum atomic E-state index is -4.49. The lowest BCUT2D eigenvalue weighted by molar-refractivity contribution is -0.387. The Balaban J connectivity index is 3.08. The van der Waals surface area contributed by atoms with Crippen LogP contribution in [0, 0.1) is 28.3 Å². The van der Waals surface area contributed by atoms with E-state index in [9.17, 15) is 27.7 Å². The van der Waals surface area contributed by atoms with Gasteiger partial charge in [-0.3, -0.25) is 20.3 Å². The van der Waals surface area contributed by atoms with Crippen LogP contribution < -0.4 is 10.3 Å². The van der Waals surface area contributed by atoms with E-state index in [2.05, 4.69) is 0 Å². The van der Waals surface area contributed by atoms with Crippen LogP contribution in [0.25, 0.3) is 0 Å². The normalized spacial score (nSPS) is 12.0. The molecule has 2 N–H and O–H groups in total. The van der Waals surface area contributed by atoms with Crippen LogP contribution in [-0.4, -0.2) is 19.2 Å². The molecule has 128 valence electrons. The first kappa shape index (κ1) is 19.0. The Morgan fingerprint density at radius 3 is 2.39 bits per heavy atom. The molecule has 0 radical (unpaired) electrons. The Hall–Kier alpha value is -2.07. The van der Waals surface area contributed by atoms with Crippen molar-refractivity contribution in [3.8, 4) is 0 Å². The van der Waals surface area contributed by atoms with Gasteiger partial charge in [-0.25, -0.2) is 12.8 Å². The number of nitro benzene ring substituents is 1. The molecule has 1 amide bonds. The molecule has 1 aromatic carbocycles. The second-order valence-corrected chi connectivity index (χ2v) is 7.87. The van der Waals surface area contributed by atoms with Crippen molar-refractivity contribution < 1.29 is 22.5 Å².